The third-order valence-electron chi connectivity index (χ3n) is 3.54. The molecule has 134 valence electrons. The van der Waals surface area contributed by atoms with Crippen LogP contribution >= 0.6 is 11.8 Å². The maximum atomic E-state index is 12.9. The molecule has 0 saturated carbocycles. The van der Waals surface area contributed by atoms with Gasteiger partial charge in [-0.25, -0.2) is 4.39 Å². The van der Waals surface area contributed by atoms with Gasteiger partial charge in [-0.1, -0.05) is 11.8 Å². The number of aromatic nitrogens is 2. The van der Waals surface area contributed by atoms with Gasteiger partial charge in [0.15, 0.2) is 5.78 Å². The summed E-state index contributed by atoms with van der Waals surface area (Å²) in [7, 11) is 3.10. The molecule has 6 nitrogen and oxygen atoms in total. The summed E-state index contributed by atoms with van der Waals surface area (Å²) in [6, 6.07) is 10.6. The highest BCUT2D eigenvalue weighted by Crippen LogP contribution is 2.33. The van der Waals surface area contributed by atoms with Crippen LogP contribution in [-0.4, -0.2) is 36.0 Å². The van der Waals surface area contributed by atoms with Gasteiger partial charge < -0.3 is 13.9 Å². The summed E-state index contributed by atoms with van der Waals surface area (Å²) in [6.07, 6.45) is 0. The minimum absolute atomic E-state index is 0.104. The topological polar surface area (TPSA) is 74.5 Å². The first-order chi connectivity index (χ1) is 12.6. The maximum absolute atomic E-state index is 12.9. The number of methoxy groups -OCH3 is 2. The van der Waals surface area contributed by atoms with Gasteiger partial charge in [-0.15, -0.1) is 10.2 Å². The molecule has 8 heteroatoms. The van der Waals surface area contributed by atoms with Crippen LogP contribution in [0, 0.1) is 5.82 Å². The van der Waals surface area contributed by atoms with Crippen LogP contribution in [0.4, 0.5) is 4.39 Å². The smallest absolute Gasteiger partial charge is 0.277 e. The Morgan fingerprint density at radius 1 is 1.12 bits per heavy atom. The molecule has 1 aromatic heterocycles. The molecule has 26 heavy (non-hydrogen) atoms. The van der Waals surface area contributed by atoms with Crippen molar-refractivity contribution in [2.24, 2.45) is 0 Å². The molecule has 0 aliphatic rings. The molecule has 3 aromatic rings. The van der Waals surface area contributed by atoms with Crippen LogP contribution in [0.1, 0.15) is 10.4 Å². The first-order valence-corrected chi connectivity index (χ1v) is 8.56. The second kappa shape index (κ2) is 8.01. The zero-order chi connectivity index (χ0) is 18.5. The molecule has 0 aliphatic heterocycles. The van der Waals surface area contributed by atoms with Crippen LogP contribution in [0.2, 0.25) is 0 Å². The van der Waals surface area contributed by atoms with Crippen LogP contribution in [0.5, 0.6) is 11.5 Å². The van der Waals surface area contributed by atoms with Gasteiger partial charge in [0, 0.05) is 11.6 Å². The van der Waals surface area contributed by atoms with Gasteiger partial charge in [-0.3, -0.25) is 4.79 Å². The molecule has 1 heterocycles. The Kier molecular flexibility index (Phi) is 5.52. The molecule has 0 N–H and O–H groups in total. The lowest BCUT2D eigenvalue weighted by atomic mass is 10.1. The minimum atomic E-state index is -0.385. The lowest BCUT2D eigenvalue weighted by Crippen LogP contribution is -2.02. The second-order valence-electron chi connectivity index (χ2n) is 5.16. The van der Waals surface area contributed by atoms with Crippen molar-refractivity contribution in [3.63, 3.8) is 0 Å². The standard InChI is InChI=1S/C18H15FN2O4S/c1-23-13-7-8-14(16(9-13)24-2)17-20-21-18(25-17)26-10-15(22)11-3-5-12(19)6-4-11/h3-9H,10H2,1-2H3. The normalized spacial score (nSPS) is 10.6. The van der Waals surface area contributed by atoms with Crippen molar-refractivity contribution in [1.29, 1.82) is 0 Å². The van der Waals surface area contributed by atoms with Gasteiger partial charge in [0.05, 0.1) is 25.5 Å². The highest BCUT2D eigenvalue weighted by molar-refractivity contribution is 7.99. The van der Waals surface area contributed by atoms with Crippen LogP contribution in [0.15, 0.2) is 52.1 Å². The largest absolute Gasteiger partial charge is 0.497 e. The summed E-state index contributed by atoms with van der Waals surface area (Å²) in [5, 5.41) is 8.19. The number of carbonyl (C=O) groups excluding carboxylic acids is 1. The Balaban J connectivity index is 1.70. The lowest BCUT2D eigenvalue weighted by molar-refractivity contribution is 0.102. The SMILES string of the molecule is COc1ccc(-c2nnc(SCC(=O)c3ccc(F)cc3)o2)c(OC)c1. The number of ether oxygens (including phenoxy) is 2. The van der Waals surface area contributed by atoms with E-state index in [2.05, 4.69) is 10.2 Å². The van der Waals surface area contributed by atoms with E-state index in [0.717, 1.165) is 11.8 Å². The van der Waals surface area contributed by atoms with E-state index in [4.69, 9.17) is 13.9 Å². The summed E-state index contributed by atoms with van der Waals surface area (Å²) in [6.45, 7) is 0. The fourth-order valence-electron chi connectivity index (χ4n) is 2.20. The highest BCUT2D eigenvalue weighted by atomic mass is 32.2. The first-order valence-electron chi connectivity index (χ1n) is 7.58. The highest BCUT2D eigenvalue weighted by Gasteiger charge is 2.16. The fraction of sp³-hybridized carbons (Fsp3) is 0.167. The Hall–Kier alpha value is -2.87. The van der Waals surface area contributed by atoms with Crippen molar-refractivity contribution in [1.82, 2.24) is 10.2 Å². The predicted octanol–water partition coefficient (Wildman–Crippen LogP) is 3.87. The number of hydrogen-bond acceptors (Lipinski definition) is 7. The summed E-state index contributed by atoms with van der Waals surface area (Å²) in [5.74, 6) is 1.02. The van der Waals surface area contributed by atoms with E-state index in [1.165, 1.54) is 31.4 Å². The van der Waals surface area contributed by atoms with E-state index in [1.807, 2.05) is 0 Å². The van der Waals surface area contributed by atoms with Crippen molar-refractivity contribution in [2.45, 2.75) is 5.22 Å². The third-order valence-corrected chi connectivity index (χ3v) is 4.36. The van der Waals surface area contributed by atoms with Crippen LogP contribution in [0.25, 0.3) is 11.5 Å². The van der Waals surface area contributed by atoms with E-state index < -0.39 is 0 Å². The number of hydrogen-bond donors (Lipinski definition) is 0. The van der Waals surface area contributed by atoms with Crippen LogP contribution < -0.4 is 9.47 Å². The zero-order valence-corrected chi connectivity index (χ0v) is 14.9. The summed E-state index contributed by atoms with van der Waals surface area (Å²) < 4.78 is 29.0. The summed E-state index contributed by atoms with van der Waals surface area (Å²) in [5.41, 5.74) is 1.05. The van der Waals surface area contributed by atoms with E-state index in [9.17, 15) is 9.18 Å². The van der Waals surface area contributed by atoms with Crippen LogP contribution in [0.3, 0.4) is 0 Å². The summed E-state index contributed by atoms with van der Waals surface area (Å²) in [4.78, 5) is 12.1. The molecule has 0 unspecified atom stereocenters. The van der Waals surface area contributed by atoms with Crippen molar-refractivity contribution < 1.29 is 23.1 Å². The van der Waals surface area contributed by atoms with Gasteiger partial charge in [0.2, 0.25) is 0 Å². The average Bonchev–Trinajstić information content (AvgIpc) is 3.15. The molecule has 3 rings (SSSR count). The van der Waals surface area contributed by atoms with E-state index in [-0.39, 0.29) is 28.5 Å². The van der Waals surface area contributed by atoms with Gasteiger partial charge in [-0.05, 0) is 36.4 Å². The number of ketones is 1. The molecule has 0 amide bonds. The number of benzene rings is 2. The molecule has 0 aliphatic carbocycles. The number of halogens is 1. The van der Waals surface area contributed by atoms with Gasteiger partial charge in [0.1, 0.15) is 17.3 Å². The average molecular weight is 374 g/mol. The van der Waals surface area contributed by atoms with Crippen molar-refractivity contribution >= 4 is 17.5 Å². The molecule has 0 radical (unpaired) electrons. The fourth-order valence-corrected chi connectivity index (χ4v) is 2.86. The predicted molar refractivity (Wildman–Crippen MR) is 94.3 cm³/mol. The molecule has 0 spiro atoms. The minimum Gasteiger partial charge on any atom is -0.497 e. The quantitative estimate of drug-likeness (QED) is 0.459. The van der Waals surface area contributed by atoms with Crippen LogP contribution in [-0.2, 0) is 0 Å². The van der Waals surface area contributed by atoms with E-state index in [1.54, 1.807) is 25.3 Å². The number of nitrogens with zero attached hydrogens (tertiary/aromatic N) is 2. The molecule has 0 fully saturated rings. The van der Waals surface area contributed by atoms with Gasteiger partial charge >= 0.3 is 0 Å². The number of rotatable bonds is 7. The number of Topliss-reactive ketones (excluding diaryl/α,β-unsaturated/α-hetero) is 1. The maximum Gasteiger partial charge on any atom is 0.277 e. The molecule has 0 bridgehead atoms. The van der Waals surface area contributed by atoms with Crippen molar-refractivity contribution in [3.8, 4) is 23.0 Å². The van der Waals surface area contributed by atoms with Gasteiger partial charge in [0.25, 0.3) is 11.1 Å². The summed E-state index contributed by atoms with van der Waals surface area (Å²) >= 11 is 1.12. The Morgan fingerprint density at radius 2 is 1.88 bits per heavy atom. The number of carbonyl (C=O) groups is 1. The number of thioether (sulfide) groups is 1. The Labute approximate surface area is 153 Å². The van der Waals surface area contributed by atoms with E-state index >= 15 is 0 Å². The molecule has 2 aromatic carbocycles. The molecular weight excluding hydrogens is 359 g/mol. The van der Waals surface area contributed by atoms with E-state index in [0.29, 0.717) is 22.6 Å². The van der Waals surface area contributed by atoms with Gasteiger partial charge in [-0.2, -0.15) is 0 Å². The zero-order valence-electron chi connectivity index (χ0n) is 14.1. The molecule has 0 saturated heterocycles. The first kappa shape index (κ1) is 17.9. The lowest BCUT2D eigenvalue weighted by Gasteiger charge is -2.07. The third kappa shape index (κ3) is 4.02. The van der Waals surface area contributed by atoms with Crippen molar-refractivity contribution in [2.75, 3.05) is 20.0 Å². The molecular formula is C18H15FN2O4S. The second-order valence-corrected chi connectivity index (χ2v) is 6.08. The monoisotopic (exact) mass is 374 g/mol. The van der Waals surface area contributed by atoms with Crippen molar-refractivity contribution in [3.05, 3.63) is 53.8 Å². The molecule has 0 atom stereocenters. The Morgan fingerprint density at radius 3 is 2.58 bits per heavy atom. The Bertz CT molecular complexity index is 912.